The summed E-state index contributed by atoms with van der Waals surface area (Å²) in [5.74, 6) is -29.8. The summed E-state index contributed by atoms with van der Waals surface area (Å²) < 4.78 is 131. The van der Waals surface area contributed by atoms with E-state index in [1.807, 2.05) is 0 Å². The Morgan fingerprint density at radius 3 is 1.05 bits per heavy atom. The van der Waals surface area contributed by atoms with Gasteiger partial charge in [-0.3, -0.25) is 0 Å². The van der Waals surface area contributed by atoms with Gasteiger partial charge in [0.2, 0.25) is 0 Å². The molecule has 1 aliphatic rings. The van der Waals surface area contributed by atoms with E-state index in [0.29, 0.717) is 0 Å². The Bertz CT molecular complexity index is 523. The summed E-state index contributed by atoms with van der Waals surface area (Å²) >= 11 is 0. The highest BCUT2D eigenvalue weighted by Gasteiger charge is 2.86. The molecule has 0 nitrogen and oxygen atoms in total. The van der Waals surface area contributed by atoms with Crippen LogP contribution in [0.1, 0.15) is 11.1 Å². The lowest BCUT2D eigenvalue weighted by molar-refractivity contribution is -0.387. The second-order valence-corrected chi connectivity index (χ2v) is 4.08. The first-order valence-electron chi connectivity index (χ1n) is 4.80. The SMILES string of the molecule is Fc1ccc(F)c2c1C(F)(F)C(F)(F)C(F)(F)C2(F)F. The van der Waals surface area contributed by atoms with Gasteiger partial charge in [0.1, 0.15) is 11.6 Å². The number of fused-ring (bicyclic) bond motifs is 1. The fourth-order valence-electron chi connectivity index (χ4n) is 1.87. The maximum absolute atomic E-state index is 13.3. The third kappa shape index (κ3) is 1.34. The number of rotatable bonds is 0. The number of alkyl halides is 8. The molecule has 1 aliphatic carbocycles. The van der Waals surface area contributed by atoms with Crippen LogP contribution in [0.3, 0.4) is 0 Å². The van der Waals surface area contributed by atoms with Gasteiger partial charge in [0.25, 0.3) is 0 Å². The monoisotopic (exact) mass is 312 g/mol. The number of benzene rings is 1. The van der Waals surface area contributed by atoms with Crippen LogP contribution >= 0.6 is 0 Å². The van der Waals surface area contributed by atoms with Crippen LogP contribution in [0, 0.1) is 11.6 Å². The molecule has 112 valence electrons. The summed E-state index contributed by atoms with van der Waals surface area (Å²) in [6, 6.07) is -0.255. The molecular formula is C10H2F10. The highest BCUT2D eigenvalue weighted by molar-refractivity contribution is 5.44. The Labute approximate surface area is 104 Å². The molecule has 0 amide bonds. The van der Waals surface area contributed by atoms with Crippen LogP contribution in [0.4, 0.5) is 43.9 Å². The molecule has 0 fully saturated rings. The van der Waals surface area contributed by atoms with Gasteiger partial charge in [-0.15, -0.1) is 0 Å². The Hall–Kier alpha value is -1.48. The van der Waals surface area contributed by atoms with Crippen LogP contribution in [-0.2, 0) is 11.8 Å². The summed E-state index contributed by atoms with van der Waals surface area (Å²) in [5, 5.41) is 0. The number of halogens is 10. The van der Waals surface area contributed by atoms with E-state index >= 15 is 0 Å². The minimum absolute atomic E-state index is 0.127. The summed E-state index contributed by atoms with van der Waals surface area (Å²) in [6.07, 6.45) is 0. The van der Waals surface area contributed by atoms with Gasteiger partial charge in [0, 0.05) is 0 Å². The fraction of sp³-hybridized carbons (Fsp3) is 0.400. The molecule has 1 aromatic rings. The van der Waals surface area contributed by atoms with Crippen LogP contribution < -0.4 is 0 Å². The molecule has 0 aromatic heterocycles. The topological polar surface area (TPSA) is 0 Å². The van der Waals surface area contributed by atoms with E-state index in [9.17, 15) is 43.9 Å². The molecule has 0 atom stereocenters. The van der Waals surface area contributed by atoms with E-state index in [-0.39, 0.29) is 12.1 Å². The minimum Gasteiger partial charge on any atom is -0.206 e. The second-order valence-electron chi connectivity index (χ2n) is 4.08. The van der Waals surface area contributed by atoms with Crippen molar-refractivity contribution in [1.29, 1.82) is 0 Å². The molecule has 0 N–H and O–H groups in total. The van der Waals surface area contributed by atoms with E-state index in [2.05, 4.69) is 0 Å². The fourth-order valence-corrected chi connectivity index (χ4v) is 1.87. The van der Waals surface area contributed by atoms with Gasteiger partial charge < -0.3 is 0 Å². The molecule has 0 saturated heterocycles. The van der Waals surface area contributed by atoms with Crippen molar-refractivity contribution in [2.24, 2.45) is 0 Å². The van der Waals surface area contributed by atoms with Gasteiger partial charge in [-0.1, -0.05) is 0 Å². The van der Waals surface area contributed by atoms with Gasteiger partial charge in [0.15, 0.2) is 0 Å². The van der Waals surface area contributed by atoms with Crippen molar-refractivity contribution in [3.63, 3.8) is 0 Å². The molecule has 1 aromatic carbocycles. The summed E-state index contributed by atoms with van der Waals surface area (Å²) in [4.78, 5) is 0. The first kappa shape index (κ1) is 14.9. The largest absolute Gasteiger partial charge is 0.383 e. The van der Waals surface area contributed by atoms with Crippen molar-refractivity contribution in [3.05, 3.63) is 34.9 Å². The smallest absolute Gasteiger partial charge is 0.206 e. The Kier molecular flexibility index (Phi) is 2.67. The predicted molar refractivity (Wildman–Crippen MR) is 44.0 cm³/mol. The zero-order valence-corrected chi connectivity index (χ0v) is 8.93. The number of hydrogen-bond acceptors (Lipinski definition) is 0. The second kappa shape index (κ2) is 3.59. The first-order chi connectivity index (χ1) is 8.80. The molecule has 10 heteroatoms. The third-order valence-electron chi connectivity index (χ3n) is 2.91. The van der Waals surface area contributed by atoms with E-state index in [4.69, 9.17) is 0 Å². The molecule has 0 heterocycles. The molecule has 0 aliphatic heterocycles. The number of hydrogen-bond donors (Lipinski definition) is 0. The van der Waals surface area contributed by atoms with Crippen molar-refractivity contribution >= 4 is 0 Å². The maximum Gasteiger partial charge on any atom is 0.383 e. The standard InChI is InChI=1S/C10H2F10/c11-3-1-2-4(12)6-5(3)7(13,14)9(17,18)10(19,20)8(6,15)16/h1-2H. The van der Waals surface area contributed by atoms with Crippen molar-refractivity contribution in [2.75, 3.05) is 0 Å². The van der Waals surface area contributed by atoms with Crippen molar-refractivity contribution in [1.82, 2.24) is 0 Å². The Morgan fingerprint density at radius 1 is 0.550 bits per heavy atom. The van der Waals surface area contributed by atoms with Crippen LogP contribution in [0.15, 0.2) is 12.1 Å². The zero-order valence-electron chi connectivity index (χ0n) is 8.93. The quantitative estimate of drug-likeness (QED) is 0.622. The predicted octanol–water partition coefficient (Wildman–Crippen LogP) is 4.43. The Balaban J connectivity index is 3.01. The average Bonchev–Trinajstić information content (AvgIpc) is 2.29. The van der Waals surface area contributed by atoms with Crippen molar-refractivity contribution in [2.45, 2.75) is 23.7 Å². The molecule has 0 bridgehead atoms. The summed E-state index contributed by atoms with van der Waals surface area (Å²) in [5.41, 5.74) is -5.53. The minimum atomic E-state index is -6.59. The Morgan fingerprint density at radius 2 is 0.800 bits per heavy atom. The van der Waals surface area contributed by atoms with Crippen molar-refractivity contribution in [3.8, 4) is 0 Å². The lowest BCUT2D eigenvalue weighted by atomic mass is 9.79. The summed E-state index contributed by atoms with van der Waals surface area (Å²) in [7, 11) is 0. The van der Waals surface area contributed by atoms with Crippen LogP contribution in [0.5, 0.6) is 0 Å². The van der Waals surface area contributed by atoms with E-state index in [1.54, 1.807) is 0 Å². The van der Waals surface area contributed by atoms with Crippen LogP contribution in [0.2, 0.25) is 0 Å². The lowest BCUT2D eigenvalue weighted by Gasteiger charge is -2.42. The molecule has 20 heavy (non-hydrogen) atoms. The average molecular weight is 312 g/mol. The highest BCUT2D eigenvalue weighted by atomic mass is 19.4. The van der Waals surface area contributed by atoms with Crippen LogP contribution in [-0.4, -0.2) is 11.8 Å². The van der Waals surface area contributed by atoms with Gasteiger partial charge in [-0.25, -0.2) is 8.78 Å². The van der Waals surface area contributed by atoms with Gasteiger partial charge in [-0.2, -0.15) is 35.1 Å². The van der Waals surface area contributed by atoms with Gasteiger partial charge in [0.05, 0.1) is 11.1 Å². The molecule has 2 rings (SSSR count). The molecular weight excluding hydrogens is 310 g/mol. The van der Waals surface area contributed by atoms with Gasteiger partial charge in [-0.05, 0) is 12.1 Å². The van der Waals surface area contributed by atoms with E-state index in [0.717, 1.165) is 0 Å². The van der Waals surface area contributed by atoms with E-state index < -0.39 is 46.5 Å². The normalized spacial score (nSPS) is 25.1. The molecule has 0 radical (unpaired) electrons. The molecule has 0 spiro atoms. The maximum atomic E-state index is 13.3. The third-order valence-corrected chi connectivity index (χ3v) is 2.91. The van der Waals surface area contributed by atoms with Crippen LogP contribution in [0.25, 0.3) is 0 Å². The molecule has 0 saturated carbocycles. The highest BCUT2D eigenvalue weighted by Crippen LogP contribution is 2.65. The lowest BCUT2D eigenvalue weighted by Crippen LogP contribution is -2.64. The summed E-state index contributed by atoms with van der Waals surface area (Å²) in [6.45, 7) is 0. The first-order valence-corrected chi connectivity index (χ1v) is 4.80. The molecule has 0 unspecified atom stereocenters. The van der Waals surface area contributed by atoms with E-state index in [1.165, 1.54) is 0 Å². The zero-order chi connectivity index (χ0) is 15.7. The van der Waals surface area contributed by atoms with Crippen molar-refractivity contribution < 1.29 is 43.9 Å². The van der Waals surface area contributed by atoms with Gasteiger partial charge >= 0.3 is 23.7 Å².